The Bertz CT molecular complexity index is 148. The average molecular weight is 176 g/mol. The van der Waals surface area contributed by atoms with Gasteiger partial charge in [-0.2, -0.15) is 0 Å². The van der Waals surface area contributed by atoms with Gasteiger partial charge in [0.05, 0.1) is 12.4 Å². The molecule has 0 bridgehead atoms. The fourth-order valence-electron chi connectivity index (χ4n) is 0.459. The van der Waals surface area contributed by atoms with Crippen molar-refractivity contribution in [2.45, 2.75) is 27.2 Å². The molecule has 0 spiro atoms. The third-order valence-electron chi connectivity index (χ3n) is 1.05. The highest BCUT2D eigenvalue weighted by atomic mass is 32.2. The fraction of sp³-hybridized carbons (Fsp3) is 0.750. The van der Waals surface area contributed by atoms with Crippen LogP contribution in [0.25, 0.3) is 0 Å². The van der Waals surface area contributed by atoms with Gasteiger partial charge < -0.3 is 0 Å². The van der Waals surface area contributed by atoms with Crippen molar-refractivity contribution in [2.75, 3.05) is 12.4 Å². The van der Waals surface area contributed by atoms with Crippen LogP contribution in [-0.2, 0) is 15.3 Å². The van der Waals surface area contributed by atoms with Crippen molar-refractivity contribution in [3.63, 3.8) is 0 Å². The van der Waals surface area contributed by atoms with Gasteiger partial charge in [-0.3, -0.25) is 4.18 Å². The van der Waals surface area contributed by atoms with E-state index < -0.39 is 11.1 Å². The highest BCUT2D eigenvalue weighted by molar-refractivity contribution is 7.80. The lowest BCUT2D eigenvalue weighted by Gasteiger charge is -1.97. The average Bonchev–Trinajstić information content (AvgIpc) is 1.97. The van der Waals surface area contributed by atoms with Crippen LogP contribution >= 0.6 is 0 Å². The Balaban J connectivity index is 3.45. The summed E-state index contributed by atoms with van der Waals surface area (Å²) in [6, 6.07) is 0. The minimum atomic E-state index is -1.12. The fourth-order valence-corrected chi connectivity index (χ4v) is 1.38. The van der Waals surface area contributed by atoms with Crippen molar-refractivity contribution in [3.8, 4) is 0 Å². The van der Waals surface area contributed by atoms with E-state index >= 15 is 0 Å². The number of hydrogen-bond donors (Lipinski definition) is 0. The molecular formula is C8H16O2S. The van der Waals surface area contributed by atoms with Crippen LogP contribution in [0.5, 0.6) is 0 Å². The van der Waals surface area contributed by atoms with E-state index in [1.165, 1.54) is 5.57 Å². The Hall–Kier alpha value is -0.150. The summed E-state index contributed by atoms with van der Waals surface area (Å²) in [7, 11) is 0. The van der Waals surface area contributed by atoms with Crippen molar-refractivity contribution < 1.29 is 8.39 Å². The topological polar surface area (TPSA) is 26.3 Å². The van der Waals surface area contributed by atoms with Crippen molar-refractivity contribution in [3.05, 3.63) is 11.6 Å². The van der Waals surface area contributed by atoms with Gasteiger partial charge in [0.2, 0.25) is 0 Å². The van der Waals surface area contributed by atoms with Gasteiger partial charge in [-0.1, -0.05) is 18.6 Å². The molecule has 3 heteroatoms. The standard InChI is InChI=1S/C8H16O2S/c1-4-6-10-11(9)7-5-8(2)3/h5H,4,6-7H2,1-3H3. The molecule has 0 aromatic heterocycles. The summed E-state index contributed by atoms with van der Waals surface area (Å²) in [6.07, 6.45) is 2.84. The molecule has 1 atom stereocenters. The lowest BCUT2D eigenvalue weighted by molar-refractivity contribution is 0.348. The van der Waals surface area contributed by atoms with Crippen LogP contribution < -0.4 is 0 Å². The van der Waals surface area contributed by atoms with Gasteiger partial charge in [-0.15, -0.1) is 0 Å². The largest absolute Gasteiger partial charge is 0.290 e. The summed E-state index contributed by atoms with van der Waals surface area (Å²) in [5, 5.41) is 0. The molecule has 0 aliphatic rings. The highest BCUT2D eigenvalue weighted by Gasteiger charge is 1.94. The first-order valence-corrected chi connectivity index (χ1v) is 5.06. The monoisotopic (exact) mass is 176 g/mol. The smallest absolute Gasteiger partial charge is 0.159 e. The van der Waals surface area contributed by atoms with Gasteiger partial charge in [-0.25, -0.2) is 4.21 Å². The molecule has 0 aliphatic carbocycles. The third-order valence-corrected chi connectivity index (χ3v) is 1.91. The molecular weight excluding hydrogens is 160 g/mol. The maximum Gasteiger partial charge on any atom is 0.159 e. The Morgan fingerprint density at radius 3 is 2.64 bits per heavy atom. The molecule has 0 amide bonds. The van der Waals surface area contributed by atoms with E-state index in [0.717, 1.165) is 6.42 Å². The second-order valence-electron chi connectivity index (χ2n) is 2.57. The maximum absolute atomic E-state index is 11.0. The second kappa shape index (κ2) is 6.55. The molecule has 0 N–H and O–H groups in total. The molecule has 0 rings (SSSR count). The van der Waals surface area contributed by atoms with E-state index in [1.807, 2.05) is 26.8 Å². The van der Waals surface area contributed by atoms with Gasteiger partial charge in [0, 0.05) is 0 Å². The van der Waals surface area contributed by atoms with Crippen LogP contribution in [-0.4, -0.2) is 16.6 Å². The van der Waals surface area contributed by atoms with E-state index in [2.05, 4.69) is 0 Å². The highest BCUT2D eigenvalue weighted by Crippen LogP contribution is 1.93. The molecule has 0 aromatic carbocycles. The normalized spacial score (nSPS) is 12.6. The summed E-state index contributed by atoms with van der Waals surface area (Å²) >= 11 is -1.12. The lowest BCUT2D eigenvalue weighted by Crippen LogP contribution is -2.01. The molecule has 0 aromatic rings. The molecule has 2 nitrogen and oxygen atoms in total. The van der Waals surface area contributed by atoms with Crippen LogP contribution in [0.1, 0.15) is 27.2 Å². The molecule has 0 saturated carbocycles. The van der Waals surface area contributed by atoms with E-state index in [-0.39, 0.29) is 0 Å². The van der Waals surface area contributed by atoms with Crippen LogP contribution in [0, 0.1) is 0 Å². The Morgan fingerprint density at radius 1 is 1.55 bits per heavy atom. The molecule has 1 unspecified atom stereocenters. The van der Waals surface area contributed by atoms with Gasteiger partial charge in [0.15, 0.2) is 11.1 Å². The molecule has 11 heavy (non-hydrogen) atoms. The van der Waals surface area contributed by atoms with Gasteiger partial charge >= 0.3 is 0 Å². The van der Waals surface area contributed by atoms with Crippen molar-refractivity contribution in [1.29, 1.82) is 0 Å². The predicted molar refractivity (Wildman–Crippen MR) is 48.7 cm³/mol. The second-order valence-corrected chi connectivity index (χ2v) is 3.75. The Labute approximate surface area is 71.3 Å². The lowest BCUT2D eigenvalue weighted by atomic mass is 10.3. The summed E-state index contributed by atoms with van der Waals surface area (Å²) in [5.41, 5.74) is 1.18. The van der Waals surface area contributed by atoms with E-state index in [0.29, 0.717) is 12.4 Å². The van der Waals surface area contributed by atoms with Gasteiger partial charge in [0.1, 0.15) is 0 Å². The van der Waals surface area contributed by atoms with Crippen molar-refractivity contribution in [2.24, 2.45) is 0 Å². The SMILES string of the molecule is CCCOS(=O)CC=C(C)C. The van der Waals surface area contributed by atoms with Crippen LogP contribution in [0.15, 0.2) is 11.6 Å². The molecule has 0 heterocycles. The summed E-state index contributed by atoms with van der Waals surface area (Å²) in [6.45, 7) is 6.55. The zero-order chi connectivity index (χ0) is 8.69. The first kappa shape index (κ1) is 10.8. The van der Waals surface area contributed by atoms with E-state index in [4.69, 9.17) is 4.18 Å². The molecule has 66 valence electrons. The summed E-state index contributed by atoms with van der Waals surface area (Å²) in [5.74, 6) is 0.516. The maximum atomic E-state index is 11.0. The molecule has 0 radical (unpaired) electrons. The first-order valence-electron chi connectivity index (χ1n) is 3.81. The van der Waals surface area contributed by atoms with Gasteiger partial charge in [-0.05, 0) is 20.3 Å². The van der Waals surface area contributed by atoms with Crippen molar-refractivity contribution in [1.82, 2.24) is 0 Å². The minimum absolute atomic E-state index is 0.516. The van der Waals surface area contributed by atoms with Crippen LogP contribution in [0.3, 0.4) is 0 Å². The zero-order valence-electron chi connectivity index (χ0n) is 7.42. The molecule has 0 saturated heterocycles. The summed E-state index contributed by atoms with van der Waals surface area (Å²) in [4.78, 5) is 0. The van der Waals surface area contributed by atoms with E-state index in [1.54, 1.807) is 0 Å². The van der Waals surface area contributed by atoms with Crippen LogP contribution in [0.4, 0.5) is 0 Å². The first-order chi connectivity index (χ1) is 5.16. The number of allylic oxidation sites excluding steroid dienone is 1. The number of rotatable bonds is 5. The Kier molecular flexibility index (Phi) is 6.46. The predicted octanol–water partition coefficient (Wildman–Crippen LogP) is 2.04. The van der Waals surface area contributed by atoms with E-state index in [9.17, 15) is 4.21 Å². The van der Waals surface area contributed by atoms with Crippen LogP contribution in [0.2, 0.25) is 0 Å². The van der Waals surface area contributed by atoms with Gasteiger partial charge in [0.25, 0.3) is 0 Å². The minimum Gasteiger partial charge on any atom is -0.290 e. The number of hydrogen-bond acceptors (Lipinski definition) is 2. The molecule has 0 aliphatic heterocycles. The third kappa shape index (κ3) is 7.75. The summed E-state index contributed by atoms with van der Waals surface area (Å²) < 4.78 is 15.9. The zero-order valence-corrected chi connectivity index (χ0v) is 8.24. The van der Waals surface area contributed by atoms with Crippen molar-refractivity contribution >= 4 is 11.1 Å². The molecule has 0 fully saturated rings. The quantitative estimate of drug-likeness (QED) is 0.599. The Morgan fingerprint density at radius 2 is 2.18 bits per heavy atom.